The average Bonchev–Trinajstić information content (AvgIpc) is 2.79. The fourth-order valence-corrected chi connectivity index (χ4v) is 4.06. The fraction of sp³-hybridized carbons (Fsp3) is 0.391. The summed E-state index contributed by atoms with van der Waals surface area (Å²) < 4.78 is 1.70. The Bertz CT molecular complexity index is 1130. The summed E-state index contributed by atoms with van der Waals surface area (Å²) in [7, 11) is 0. The van der Waals surface area contributed by atoms with Crippen molar-refractivity contribution in [2.24, 2.45) is 0 Å². The second kappa shape index (κ2) is 9.16. The molecule has 2 heterocycles. The number of nitrogens with one attached hydrogen (secondary N) is 1. The lowest BCUT2D eigenvalue weighted by Crippen LogP contribution is -2.32. The standard InChI is InChI=1S/C23H27N5O3/c1-2-3-16-27-22(29)21-19(8-7-9-20(21)26-14-5-4-6-15-26)25-23(27)24-17-10-12-18(13-11-17)28(30)31/h7-13H,2-6,14-16H2,1H3,(H,24,25). The third kappa shape index (κ3) is 4.38. The highest BCUT2D eigenvalue weighted by Gasteiger charge is 2.19. The molecule has 2 aromatic carbocycles. The molecule has 8 nitrogen and oxygen atoms in total. The minimum Gasteiger partial charge on any atom is -0.371 e. The minimum absolute atomic E-state index is 0.0200. The van der Waals surface area contributed by atoms with Crippen molar-refractivity contribution in [1.29, 1.82) is 0 Å². The summed E-state index contributed by atoms with van der Waals surface area (Å²) in [6.07, 6.45) is 5.30. The molecular formula is C23H27N5O3. The van der Waals surface area contributed by atoms with Crippen LogP contribution in [0.2, 0.25) is 0 Å². The average molecular weight is 422 g/mol. The molecule has 0 atom stereocenters. The number of nitro groups is 1. The molecule has 1 saturated heterocycles. The Labute approximate surface area is 180 Å². The molecule has 0 bridgehead atoms. The highest BCUT2D eigenvalue weighted by Crippen LogP contribution is 2.28. The van der Waals surface area contributed by atoms with Gasteiger partial charge in [0.2, 0.25) is 5.95 Å². The number of nitro benzene ring substituents is 1. The molecule has 1 aromatic heterocycles. The van der Waals surface area contributed by atoms with Gasteiger partial charge in [0.25, 0.3) is 11.2 Å². The van der Waals surface area contributed by atoms with Crippen LogP contribution in [-0.2, 0) is 6.54 Å². The first-order chi connectivity index (χ1) is 15.1. The molecule has 0 amide bonds. The Morgan fingerprint density at radius 2 is 1.84 bits per heavy atom. The smallest absolute Gasteiger partial charge is 0.269 e. The van der Waals surface area contributed by atoms with Crippen molar-refractivity contribution in [3.8, 4) is 0 Å². The van der Waals surface area contributed by atoms with Crippen molar-refractivity contribution >= 4 is 33.9 Å². The summed E-state index contributed by atoms with van der Waals surface area (Å²) in [4.78, 5) is 31.2. The maximum absolute atomic E-state index is 13.6. The van der Waals surface area contributed by atoms with Gasteiger partial charge in [0.05, 0.1) is 21.5 Å². The number of fused-ring (bicyclic) bond motifs is 1. The van der Waals surface area contributed by atoms with Gasteiger partial charge in [-0.05, 0) is 49.9 Å². The monoisotopic (exact) mass is 421 g/mol. The first kappa shape index (κ1) is 20.8. The maximum atomic E-state index is 13.6. The lowest BCUT2D eigenvalue weighted by molar-refractivity contribution is -0.384. The molecule has 1 N–H and O–H groups in total. The molecule has 0 unspecified atom stereocenters. The number of aromatic nitrogens is 2. The van der Waals surface area contributed by atoms with E-state index in [2.05, 4.69) is 17.1 Å². The van der Waals surface area contributed by atoms with Gasteiger partial charge in [-0.3, -0.25) is 19.5 Å². The second-order valence-corrected chi connectivity index (χ2v) is 7.89. The van der Waals surface area contributed by atoms with Gasteiger partial charge in [-0.2, -0.15) is 0 Å². The molecule has 0 radical (unpaired) electrons. The summed E-state index contributed by atoms with van der Waals surface area (Å²) in [5, 5.41) is 14.8. The highest BCUT2D eigenvalue weighted by molar-refractivity contribution is 5.92. The molecule has 0 saturated carbocycles. The summed E-state index contributed by atoms with van der Waals surface area (Å²) in [5.41, 5.74) is 2.23. The molecule has 31 heavy (non-hydrogen) atoms. The number of non-ortho nitro benzene ring substituents is 1. The van der Waals surface area contributed by atoms with E-state index in [1.807, 2.05) is 18.2 Å². The molecule has 1 aliphatic heterocycles. The number of hydrogen-bond acceptors (Lipinski definition) is 6. The van der Waals surface area contributed by atoms with Gasteiger partial charge in [-0.1, -0.05) is 19.4 Å². The number of anilines is 3. The van der Waals surface area contributed by atoms with E-state index in [0.717, 1.165) is 44.5 Å². The zero-order valence-electron chi connectivity index (χ0n) is 17.7. The van der Waals surface area contributed by atoms with Crippen molar-refractivity contribution in [1.82, 2.24) is 9.55 Å². The van der Waals surface area contributed by atoms with Crippen LogP contribution in [-0.4, -0.2) is 27.6 Å². The van der Waals surface area contributed by atoms with Crippen LogP contribution < -0.4 is 15.8 Å². The third-order valence-corrected chi connectivity index (χ3v) is 5.73. The van der Waals surface area contributed by atoms with Gasteiger partial charge in [-0.25, -0.2) is 4.98 Å². The SMILES string of the molecule is CCCCn1c(Nc2ccc([N+](=O)[O-])cc2)nc2cccc(N3CCCCC3)c2c1=O. The Morgan fingerprint density at radius 3 is 2.52 bits per heavy atom. The minimum atomic E-state index is -0.433. The molecule has 1 aliphatic rings. The topological polar surface area (TPSA) is 93.3 Å². The van der Waals surface area contributed by atoms with E-state index in [0.29, 0.717) is 29.1 Å². The van der Waals surface area contributed by atoms with Crippen LogP contribution in [0, 0.1) is 10.1 Å². The zero-order valence-corrected chi connectivity index (χ0v) is 17.7. The number of hydrogen-bond donors (Lipinski definition) is 1. The van der Waals surface area contributed by atoms with Gasteiger partial charge in [-0.15, -0.1) is 0 Å². The summed E-state index contributed by atoms with van der Waals surface area (Å²) in [6.45, 7) is 4.55. The molecule has 0 aliphatic carbocycles. The molecule has 162 valence electrons. The van der Waals surface area contributed by atoms with E-state index in [1.165, 1.54) is 18.6 Å². The van der Waals surface area contributed by atoms with Gasteiger partial charge >= 0.3 is 0 Å². The number of benzene rings is 2. The van der Waals surface area contributed by atoms with E-state index in [1.54, 1.807) is 16.7 Å². The van der Waals surface area contributed by atoms with Crippen LogP contribution in [0.5, 0.6) is 0 Å². The summed E-state index contributed by atoms with van der Waals surface area (Å²) in [6, 6.07) is 12.0. The first-order valence-electron chi connectivity index (χ1n) is 10.9. The van der Waals surface area contributed by atoms with Crippen molar-refractivity contribution < 1.29 is 4.92 Å². The van der Waals surface area contributed by atoms with Crippen LogP contribution in [0.1, 0.15) is 39.0 Å². The number of unbranched alkanes of at least 4 members (excludes halogenated alkanes) is 1. The highest BCUT2D eigenvalue weighted by atomic mass is 16.6. The van der Waals surface area contributed by atoms with Gasteiger partial charge in [0.1, 0.15) is 0 Å². The van der Waals surface area contributed by atoms with E-state index in [9.17, 15) is 14.9 Å². The molecule has 4 rings (SSSR count). The Balaban J connectivity index is 1.79. The largest absolute Gasteiger partial charge is 0.371 e. The van der Waals surface area contributed by atoms with Crippen molar-refractivity contribution in [3.63, 3.8) is 0 Å². The Kier molecular flexibility index (Phi) is 6.16. The quantitative estimate of drug-likeness (QED) is 0.433. The van der Waals surface area contributed by atoms with Crippen molar-refractivity contribution in [2.75, 3.05) is 23.3 Å². The van der Waals surface area contributed by atoms with Crippen LogP contribution in [0.3, 0.4) is 0 Å². The summed E-state index contributed by atoms with van der Waals surface area (Å²) >= 11 is 0. The fourth-order valence-electron chi connectivity index (χ4n) is 4.06. The lowest BCUT2D eigenvalue weighted by Gasteiger charge is -2.29. The molecule has 1 fully saturated rings. The predicted molar refractivity (Wildman–Crippen MR) is 123 cm³/mol. The Hall–Kier alpha value is -3.42. The first-order valence-corrected chi connectivity index (χ1v) is 10.9. The molecule has 8 heteroatoms. The summed E-state index contributed by atoms with van der Waals surface area (Å²) in [5.74, 6) is 0.454. The third-order valence-electron chi connectivity index (χ3n) is 5.73. The van der Waals surface area contributed by atoms with Gasteiger partial charge in [0.15, 0.2) is 0 Å². The van der Waals surface area contributed by atoms with Crippen molar-refractivity contribution in [3.05, 3.63) is 62.9 Å². The van der Waals surface area contributed by atoms with Crippen LogP contribution >= 0.6 is 0 Å². The second-order valence-electron chi connectivity index (χ2n) is 7.89. The van der Waals surface area contributed by atoms with Crippen LogP contribution in [0.15, 0.2) is 47.3 Å². The normalized spacial score (nSPS) is 14.0. The van der Waals surface area contributed by atoms with E-state index >= 15 is 0 Å². The molecular weight excluding hydrogens is 394 g/mol. The van der Waals surface area contributed by atoms with Crippen LogP contribution in [0.4, 0.5) is 23.0 Å². The molecule has 3 aromatic rings. The van der Waals surface area contributed by atoms with Crippen molar-refractivity contribution in [2.45, 2.75) is 45.6 Å². The van der Waals surface area contributed by atoms with Crippen LogP contribution in [0.25, 0.3) is 10.9 Å². The van der Waals surface area contributed by atoms with E-state index < -0.39 is 4.92 Å². The lowest BCUT2D eigenvalue weighted by atomic mass is 10.1. The van der Waals surface area contributed by atoms with Gasteiger partial charge < -0.3 is 10.2 Å². The number of nitrogens with zero attached hydrogens (tertiary/aromatic N) is 4. The number of piperidine rings is 1. The maximum Gasteiger partial charge on any atom is 0.269 e. The van der Waals surface area contributed by atoms with E-state index in [4.69, 9.17) is 4.98 Å². The zero-order chi connectivity index (χ0) is 21.8. The number of rotatable bonds is 7. The van der Waals surface area contributed by atoms with Gasteiger partial charge in [0, 0.05) is 37.5 Å². The Morgan fingerprint density at radius 1 is 1.10 bits per heavy atom. The van der Waals surface area contributed by atoms with E-state index in [-0.39, 0.29) is 11.2 Å². The predicted octanol–water partition coefficient (Wildman–Crippen LogP) is 4.84. The molecule has 0 spiro atoms.